The van der Waals surface area contributed by atoms with Gasteiger partial charge in [0.05, 0.1) is 17.0 Å². The van der Waals surface area contributed by atoms with Gasteiger partial charge in [-0.2, -0.15) is 9.61 Å². The minimum absolute atomic E-state index is 0.209. The van der Waals surface area contributed by atoms with Crippen molar-refractivity contribution in [3.8, 4) is 11.3 Å². The third-order valence-corrected chi connectivity index (χ3v) is 6.88. The summed E-state index contributed by atoms with van der Waals surface area (Å²) < 4.78 is 30.2. The summed E-state index contributed by atoms with van der Waals surface area (Å²) in [5.74, 6) is 0.660. The van der Waals surface area contributed by atoms with Gasteiger partial charge in [0.25, 0.3) is 5.91 Å². The zero-order valence-corrected chi connectivity index (χ0v) is 21.3. The third kappa shape index (κ3) is 5.20. The highest BCUT2D eigenvalue weighted by Crippen LogP contribution is 2.40. The second-order valence-electron chi connectivity index (χ2n) is 9.75. The van der Waals surface area contributed by atoms with Gasteiger partial charge in [0.1, 0.15) is 23.3 Å². The third-order valence-electron chi connectivity index (χ3n) is 6.88. The summed E-state index contributed by atoms with van der Waals surface area (Å²) in [5.41, 5.74) is 3.43. The molecule has 6 rings (SSSR count). The molecule has 1 aliphatic rings. The molecule has 1 amide bonds. The maximum absolute atomic E-state index is 14.6. The van der Waals surface area contributed by atoms with Crippen LogP contribution in [-0.4, -0.2) is 44.0 Å². The minimum Gasteiger partial charge on any atom is -0.341 e. The lowest BCUT2D eigenvalue weighted by Crippen LogP contribution is -2.29. The lowest BCUT2D eigenvalue weighted by Gasteiger charge is -2.17. The van der Waals surface area contributed by atoms with E-state index in [1.54, 1.807) is 71.1 Å². The van der Waals surface area contributed by atoms with Gasteiger partial charge in [-0.15, -0.1) is 0 Å². The normalized spacial score (nSPS) is 13.0. The van der Waals surface area contributed by atoms with E-state index in [9.17, 15) is 13.6 Å². The molecule has 3 heterocycles. The SMILES string of the molecule is CN(CCc1ccccc1F)C(=O)c1ccc(Nc2cc(-c3ccccc3F)nc3cc(C4CC4)nn23)nc1. The van der Waals surface area contributed by atoms with E-state index in [4.69, 9.17) is 5.10 Å². The highest BCUT2D eigenvalue weighted by molar-refractivity contribution is 5.94. The first kappa shape index (κ1) is 24.7. The van der Waals surface area contributed by atoms with E-state index >= 15 is 0 Å². The van der Waals surface area contributed by atoms with Crippen molar-refractivity contribution in [1.29, 1.82) is 0 Å². The van der Waals surface area contributed by atoms with Gasteiger partial charge in [-0.1, -0.05) is 30.3 Å². The molecule has 0 unspecified atom stereocenters. The molecule has 9 heteroatoms. The lowest BCUT2D eigenvalue weighted by molar-refractivity contribution is 0.0796. The standard InChI is InChI=1S/C30H26F2N6O/c1-37(15-14-19-6-2-4-8-23(19)31)30(39)21-12-13-27(33-18-21)35-29-17-26(22-7-3-5-9-24(22)32)34-28-16-25(20-10-11-20)36-38(28)29/h2-9,12-13,16-18,20H,10-11,14-15H2,1H3,(H,33,35). The van der Waals surface area contributed by atoms with Crippen molar-refractivity contribution in [2.75, 3.05) is 18.9 Å². The average molecular weight is 525 g/mol. The zero-order valence-electron chi connectivity index (χ0n) is 21.3. The van der Waals surface area contributed by atoms with Crippen molar-refractivity contribution in [1.82, 2.24) is 24.5 Å². The number of likely N-dealkylation sites (N-methyl/N-ethyl adjacent to an activating group) is 1. The van der Waals surface area contributed by atoms with Gasteiger partial charge in [0.2, 0.25) is 0 Å². The number of pyridine rings is 1. The number of amides is 1. The number of nitrogens with one attached hydrogen (secondary N) is 1. The van der Waals surface area contributed by atoms with Gasteiger partial charge < -0.3 is 10.2 Å². The smallest absolute Gasteiger partial charge is 0.255 e. The van der Waals surface area contributed by atoms with Crippen LogP contribution in [0.3, 0.4) is 0 Å². The molecule has 1 saturated carbocycles. The van der Waals surface area contributed by atoms with E-state index in [0.29, 0.717) is 58.6 Å². The fourth-order valence-corrected chi connectivity index (χ4v) is 4.50. The van der Waals surface area contributed by atoms with Gasteiger partial charge in [-0.25, -0.2) is 18.7 Å². The molecule has 2 aromatic carbocycles. The Morgan fingerprint density at radius 1 is 1.03 bits per heavy atom. The van der Waals surface area contributed by atoms with Crippen molar-refractivity contribution in [3.05, 3.63) is 107 Å². The molecular weight excluding hydrogens is 498 g/mol. The quantitative estimate of drug-likeness (QED) is 0.269. The molecule has 1 fully saturated rings. The monoisotopic (exact) mass is 524 g/mol. The van der Waals surface area contributed by atoms with Gasteiger partial charge in [0.15, 0.2) is 5.65 Å². The molecule has 7 nitrogen and oxygen atoms in total. The molecule has 1 aliphatic carbocycles. The maximum atomic E-state index is 14.6. The number of carbonyl (C=O) groups excluding carboxylic acids is 1. The van der Waals surface area contributed by atoms with E-state index in [1.165, 1.54) is 18.3 Å². The molecule has 5 aromatic rings. The molecule has 1 N–H and O–H groups in total. The van der Waals surface area contributed by atoms with Gasteiger partial charge in [-0.3, -0.25) is 4.79 Å². The number of fused-ring (bicyclic) bond motifs is 1. The summed E-state index contributed by atoms with van der Waals surface area (Å²) in [6.45, 7) is 0.371. The van der Waals surface area contributed by atoms with Crippen molar-refractivity contribution in [2.45, 2.75) is 25.2 Å². The fraction of sp³-hybridized carbons (Fsp3) is 0.200. The number of aromatic nitrogens is 4. The Balaban J connectivity index is 1.23. The van der Waals surface area contributed by atoms with Crippen molar-refractivity contribution >= 4 is 23.2 Å². The van der Waals surface area contributed by atoms with E-state index in [1.807, 2.05) is 6.07 Å². The predicted molar refractivity (Wildman–Crippen MR) is 145 cm³/mol. The van der Waals surface area contributed by atoms with Crippen LogP contribution >= 0.6 is 0 Å². The van der Waals surface area contributed by atoms with E-state index < -0.39 is 0 Å². The van der Waals surface area contributed by atoms with Crippen LogP contribution < -0.4 is 5.32 Å². The Kier molecular flexibility index (Phi) is 6.48. The van der Waals surface area contributed by atoms with Gasteiger partial charge in [0, 0.05) is 43.4 Å². The average Bonchev–Trinajstić information content (AvgIpc) is 3.71. The lowest BCUT2D eigenvalue weighted by atomic mass is 10.1. The van der Waals surface area contributed by atoms with Crippen LogP contribution in [0.4, 0.5) is 20.4 Å². The zero-order chi connectivity index (χ0) is 26.9. The van der Waals surface area contributed by atoms with E-state index in [-0.39, 0.29) is 17.5 Å². The molecular formula is C30H26F2N6O. The highest BCUT2D eigenvalue weighted by atomic mass is 19.1. The van der Waals surface area contributed by atoms with Gasteiger partial charge >= 0.3 is 0 Å². The predicted octanol–water partition coefficient (Wildman–Crippen LogP) is 6.01. The Morgan fingerprint density at radius 2 is 1.79 bits per heavy atom. The van der Waals surface area contributed by atoms with Crippen LogP contribution in [0.15, 0.2) is 79.0 Å². The second-order valence-corrected chi connectivity index (χ2v) is 9.75. The Morgan fingerprint density at radius 3 is 2.51 bits per heavy atom. The Hall–Kier alpha value is -4.66. The summed E-state index contributed by atoms with van der Waals surface area (Å²) in [7, 11) is 1.68. The summed E-state index contributed by atoms with van der Waals surface area (Å²) in [4.78, 5) is 23.6. The van der Waals surface area contributed by atoms with Crippen LogP contribution in [0.25, 0.3) is 16.9 Å². The Labute approximate surface area is 224 Å². The molecule has 0 atom stereocenters. The van der Waals surface area contributed by atoms with Crippen LogP contribution in [0.2, 0.25) is 0 Å². The number of hydrogen-bond acceptors (Lipinski definition) is 5. The van der Waals surface area contributed by atoms with Crippen molar-refractivity contribution in [2.24, 2.45) is 0 Å². The first-order valence-corrected chi connectivity index (χ1v) is 12.8. The molecule has 3 aromatic heterocycles. The fourth-order valence-electron chi connectivity index (χ4n) is 4.50. The van der Waals surface area contributed by atoms with Crippen molar-refractivity contribution in [3.63, 3.8) is 0 Å². The van der Waals surface area contributed by atoms with Crippen molar-refractivity contribution < 1.29 is 13.6 Å². The maximum Gasteiger partial charge on any atom is 0.255 e. The largest absolute Gasteiger partial charge is 0.341 e. The van der Waals surface area contributed by atoms with E-state index in [0.717, 1.165) is 18.5 Å². The first-order valence-electron chi connectivity index (χ1n) is 12.8. The number of benzene rings is 2. The number of carbonyl (C=O) groups is 1. The minimum atomic E-state index is -0.359. The summed E-state index contributed by atoms with van der Waals surface area (Å²) in [6.07, 6.45) is 4.10. The number of hydrogen-bond donors (Lipinski definition) is 1. The first-order chi connectivity index (χ1) is 19.0. The molecule has 196 valence electrons. The second kappa shape index (κ2) is 10.2. The number of rotatable bonds is 8. The highest BCUT2D eigenvalue weighted by Gasteiger charge is 2.27. The summed E-state index contributed by atoms with van der Waals surface area (Å²) >= 11 is 0. The van der Waals surface area contributed by atoms with Crippen LogP contribution in [0.1, 0.15) is 40.4 Å². The number of anilines is 2. The van der Waals surface area contributed by atoms with E-state index in [2.05, 4.69) is 15.3 Å². The van der Waals surface area contributed by atoms with Crippen LogP contribution in [0, 0.1) is 11.6 Å². The van der Waals surface area contributed by atoms with Gasteiger partial charge in [-0.05, 0) is 55.2 Å². The number of nitrogens with zero attached hydrogens (tertiary/aromatic N) is 5. The number of halogens is 2. The molecule has 39 heavy (non-hydrogen) atoms. The molecule has 0 aliphatic heterocycles. The Bertz CT molecular complexity index is 1660. The molecule has 0 saturated heterocycles. The van der Waals surface area contributed by atoms with Crippen LogP contribution in [0.5, 0.6) is 0 Å². The summed E-state index contributed by atoms with van der Waals surface area (Å²) in [6, 6.07) is 20.2. The van der Waals surface area contributed by atoms with Crippen LogP contribution in [-0.2, 0) is 6.42 Å². The molecule has 0 bridgehead atoms. The molecule has 0 spiro atoms. The topological polar surface area (TPSA) is 75.4 Å². The summed E-state index contributed by atoms with van der Waals surface area (Å²) in [5, 5.41) is 7.99. The molecule has 0 radical (unpaired) electrons.